The number of nitrogens with one attached hydrogen (secondary N) is 1. The SMILES string of the molecule is CC(C)CNCCC(C)c1cc2cc(Cl)ccc2o1. The van der Waals surface area contributed by atoms with Crippen LogP contribution in [0.5, 0.6) is 0 Å². The Hall–Kier alpha value is -0.990. The maximum Gasteiger partial charge on any atom is 0.134 e. The first-order chi connectivity index (χ1) is 9.06. The average Bonchev–Trinajstić information content (AvgIpc) is 2.77. The summed E-state index contributed by atoms with van der Waals surface area (Å²) in [4.78, 5) is 0. The summed E-state index contributed by atoms with van der Waals surface area (Å²) >= 11 is 5.99. The van der Waals surface area contributed by atoms with Crippen LogP contribution in [-0.4, -0.2) is 13.1 Å². The standard InChI is InChI=1S/C16H22ClNO/c1-11(2)10-18-7-6-12(3)16-9-13-8-14(17)4-5-15(13)19-16/h4-5,8-9,11-12,18H,6-7,10H2,1-3H3. The molecule has 0 saturated carbocycles. The Bertz CT molecular complexity index is 533. The van der Waals surface area contributed by atoms with E-state index in [4.69, 9.17) is 16.0 Å². The van der Waals surface area contributed by atoms with Crippen molar-refractivity contribution in [2.75, 3.05) is 13.1 Å². The molecule has 0 aliphatic heterocycles. The van der Waals surface area contributed by atoms with Gasteiger partial charge in [-0.25, -0.2) is 0 Å². The molecule has 104 valence electrons. The average molecular weight is 280 g/mol. The number of benzene rings is 1. The highest BCUT2D eigenvalue weighted by atomic mass is 35.5. The van der Waals surface area contributed by atoms with Gasteiger partial charge in [-0.2, -0.15) is 0 Å². The largest absolute Gasteiger partial charge is 0.461 e. The minimum absolute atomic E-state index is 0.422. The van der Waals surface area contributed by atoms with Crippen molar-refractivity contribution in [2.45, 2.75) is 33.1 Å². The molecule has 1 aromatic heterocycles. The number of fused-ring (bicyclic) bond motifs is 1. The normalized spacial score (nSPS) is 13.3. The first-order valence-electron chi connectivity index (χ1n) is 6.96. The van der Waals surface area contributed by atoms with Crippen LogP contribution in [0.15, 0.2) is 28.7 Å². The zero-order valence-corrected chi connectivity index (χ0v) is 12.6. The molecule has 0 aliphatic carbocycles. The zero-order chi connectivity index (χ0) is 13.8. The third kappa shape index (κ3) is 3.99. The summed E-state index contributed by atoms with van der Waals surface area (Å²) in [5.74, 6) is 2.16. The first kappa shape index (κ1) is 14.4. The highest BCUT2D eigenvalue weighted by Gasteiger charge is 2.11. The first-order valence-corrected chi connectivity index (χ1v) is 7.33. The minimum atomic E-state index is 0.422. The molecule has 1 atom stereocenters. The third-order valence-electron chi connectivity index (χ3n) is 3.29. The lowest BCUT2D eigenvalue weighted by atomic mass is 10.0. The molecule has 0 radical (unpaired) electrons. The molecule has 1 heterocycles. The Morgan fingerprint density at radius 2 is 2.00 bits per heavy atom. The van der Waals surface area contributed by atoms with Crippen molar-refractivity contribution in [3.63, 3.8) is 0 Å². The number of furan rings is 1. The van der Waals surface area contributed by atoms with Crippen molar-refractivity contribution >= 4 is 22.6 Å². The van der Waals surface area contributed by atoms with Crippen LogP contribution in [0, 0.1) is 5.92 Å². The minimum Gasteiger partial charge on any atom is -0.461 e. The van der Waals surface area contributed by atoms with Gasteiger partial charge >= 0.3 is 0 Å². The van der Waals surface area contributed by atoms with Gasteiger partial charge in [-0.3, -0.25) is 0 Å². The summed E-state index contributed by atoms with van der Waals surface area (Å²) < 4.78 is 5.88. The van der Waals surface area contributed by atoms with Crippen molar-refractivity contribution in [1.82, 2.24) is 5.32 Å². The van der Waals surface area contributed by atoms with Crippen molar-refractivity contribution < 1.29 is 4.42 Å². The molecule has 3 heteroatoms. The predicted octanol–water partition coefficient (Wildman–Crippen LogP) is 4.83. The molecular formula is C16H22ClNO. The second-order valence-electron chi connectivity index (χ2n) is 5.62. The molecule has 0 saturated heterocycles. The van der Waals surface area contributed by atoms with Crippen molar-refractivity contribution in [2.24, 2.45) is 5.92 Å². The Morgan fingerprint density at radius 3 is 2.74 bits per heavy atom. The van der Waals surface area contributed by atoms with Gasteiger partial charge in [-0.05, 0) is 49.7 Å². The summed E-state index contributed by atoms with van der Waals surface area (Å²) in [7, 11) is 0. The fraction of sp³-hybridized carbons (Fsp3) is 0.500. The topological polar surface area (TPSA) is 25.2 Å². The predicted molar refractivity (Wildman–Crippen MR) is 82.0 cm³/mol. The van der Waals surface area contributed by atoms with E-state index in [9.17, 15) is 0 Å². The molecule has 0 aliphatic rings. The van der Waals surface area contributed by atoms with Gasteiger partial charge in [0, 0.05) is 16.3 Å². The third-order valence-corrected chi connectivity index (χ3v) is 3.52. The summed E-state index contributed by atoms with van der Waals surface area (Å²) in [6, 6.07) is 7.86. The van der Waals surface area contributed by atoms with Crippen LogP contribution in [0.1, 0.15) is 38.9 Å². The fourth-order valence-corrected chi connectivity index (χ4v) is 2.31. The van der Waals surface area contributed by atoms with E-state index in [1.54, 1.807) is 0 Å². The Balaban J connectivity index is 1.95. The highest BCUT2D eigenvalue weighted by molar-refractivity contribution is 6.31. The maximum absolute atomic E-state index is 5.99. The van der Waals surface area contributed by atoms with E-state index in [1.165, 1.54) is 0 Å². The summed E-state index contributed by atoms with van der Waals surface area (Å²) in [5, 5.41) is 5.31. The van der Waals surface area contributed by atoms with E-state index in [2.05, 4.69) is 32.2 Å². The molecule has 0 amide bonds. The molecule has 0 bridgehead atoms. The zero-order valence-electron chi connectivity index (χ0n) is 11.9. The van der Waals surface area contributed by atoms with Gasteiger partial charge in [0.2, 0.25) is 0 Å². The lowest BCUT2D eigenvalue weighted by molar-refractivity contribution is 0.467. The van der Waals surface area contributed by atoms with Crippen LogP contribution in [0.4, 0.5) is 0 Å². The van der Waals surface area contributed by atoms with Crippen molar-refractivity contribution in [1.29, 1.82) is 0 Å². The van der Waals surface area contributed by atoms with Crippen LogP contribution in [0.2, 0.25) is 5.02 Å². The number of hydrogen-bond acceptors (Lipinski definition) is 2. The molecule has 2 rings (SSSR count). The van der Waals surface area contributed by atoms with Crippen molar-refractivity contribution in [3.8, 4) is 0 Å². The van der Waals surface area contributed by atoms with E-state index in [0.717, 1.165) is 41.3 Å². The molecular weight excluding hydrogens is 258 g/mol. The molecule has 1 unspecified atom stereocenters. The van der Waals surface area contributed by atoms with Crippen LogP contribution in [0.3, 0.4) is 0 Å². The fourth-order valence-electron chi connectivity index (χ4n) is 2.13. The molecule has 0 fully saturated rings. The molecule has 0 spiro atoms. The van der Waals surface area contributed by atoms with E-state index < -0.39 is 0 Å². The maximum atomic E-state index is 5.99. The summed E-state index contributed by atoms with van der Waals surface area (Å²) in [6.45, 7) is 8.74. The molecule has 1 aromatic carbocycles. The second-order valence-corrected chi connectivity index (χ2v) is 6.06. The highest BCUT2D eigenvalue weighted by Crippen LogP contribution is 2.28. The monoisotopic (exact) mass is 279 g/mol. The number of halogens is 1. The Kier molecular flexibility index (Phi) is 4.89. The smallest absolute Gasteiger partial charge is 0.134 e. The summed E-state index contributed by atoms with van der Waals surface area (Å²) in [5.41, 5.74) is 0.918. The van der Waals surface area contributed by atoms with Gasteiger partial charge in [0.05, 0.1) is 0 Å². The quantitative estimate of drug-likeness (QED) is 0.767. The van der Waals surface area contributed by atoms with Crippen LogP contribution >= 0.6 is 11.6 Å². The van der Waals surface area contributed by atoms with Crippen molar-refractivity contribution in [3.05, 3.63) is 35.0 Å². The lowest BCUT2D eigenvalue weighted by Gasteiger charge is -2.10. The van der Waals surface area contributed by atoms with Gasteiger partial charge < -0.3 is 9.73 Å². The van der Waals surface area contributed by atoms with E-state index >= 15 is 0 Å². The molecule has 2 aromatic rings. The van der Waals surface area contributed by atoms with E-state index in [1.807, 2.05) is 18.2 Å². The summed E-state index contributed by atoms with van der Waals surface area (Å²) in [6.07, 6.45) is 1.08. The molecule has 1 N–H and O–H groups in total. The van der Waals surface area contributed by atoms with Gasteiger partial charge in [-0.1, -0.05) is 32.4 Å². The number of rotatable bonds is 6. The van der Waals surface area contributed by atoms with E-state index in [-0.39, 0.29) is 0 Å². The van der Waals surface area contributed by atoms with Crippen LogP contribution < -0.4 is 5.32 Å². The van der Waals surface area contributed by atoms with Crippen LogP contribution in [-0.2, 0) is 0 Å². The second kappa shape index (κ2) is 6.44. The van der Waals surface area contributed by atoms with Gasteiger partial charge in [0.15, 0.2) is 0 Å². The van der Waals surface area contributed by atoms with Crippen LogP contribution in [0.25, 0.3) is 11.0 Å². The Morgan fingerprint density at radius 1 is 1.21 bits per heavy atom. The van der Waals surface area contributed by atoms with Gasteiger partial charge in [0.25, 0.3) is 0 Å². The van der Waals surface area contributed by atoms with Gasteiger partial charge in [0.1, 0.15) is 11.3 Å². The number of hydrogen-bond donors (Lipinski definition) is 1. The molecule has 2 nitrogen and oxygen atoms in total. The molecule has 19 heavy (non-hydrogen) atoms. The van der Waals surface area contributed by atoms with Gasteiger partial charge in [-0.15, -0.1) is 0 Å². The Labute approximate surface area is 120 Å². The lowest BCUT2D eigenvalue weighted by Crippen LogP contribution is -2.21. The van der Waals surface area contributed by atoms with E-state index in [0.29, 0.717) is 11.8 Å².